The molecule has 0 saturated carbocycles. The lowest BCUT2D eigenvalue weighted by atomic mass is 9.72. The van der Waals surface area contributed by atoms with Crippen LogP contribution in [-0.4, -0.2) is 40.7 Å². The molecule has 3 saturated heterocycles. The minimum Gasteiger partial charge on any atom is -0.494 e. The Kier molecular flexibility index (Phi) is 9.23. The second-order valence-corrected chi connectivity index (χ2v) is 9.07. The van der Waals surface area contributed by atoms with Crippen molar-refractivity contribution >= 4 is 35.7 Å². The zero-order valence-corrected chi connectivity index (χ0v) is 19.9. The molecule has 0 radical (unpaired) electrons. The van der Waals surface area contributed by atoms with E-state index in [1.54, 1.807) is 0 Å². The van der Waals surface area contributed by atoms with Gasteiger partial charge < -0.3 is 9.84 Å². The van der Waals surface area contributed by atoms with Crippen LogP contribution in [0.25, 0.3) is 10.9 Å². The van der Waals surface area contributed by atoms with E-state index >= 15 is 0 Å². The van der Waals surface area contributed by atoms with E-state index in [1.807, 2.05) is 24.4 Å². The lowest BCUT2D eigenvalue weighted by molar-refractivity contribution is -0.0562. The summed E-state index contributed by atoms with van der Waals surface area (Å²) in [5, 5.41) is 12.4. The van der Waals surface area contributed by atoms with Gasteiger partial charge in [-0.25, -0.2) is 0 Å². The van der Waals surface area contributed by atoms with Gasteiger partial charge in [0.15, 0.2) is 0 Å². The zero-order chi connectivity index (χ0) is 19.7. The Balaban J connectivity index is 0.00000160. The summed E-state index contributed by atoms with van der Waals surface area (Å²) < 4.78 is 5.96. The molecule has 6 heteroatoms. The van der Waals surface area contributed by atoms with E-state index in [0.717, 1.165) is 66.6 Å². The van der Waals surface area contributed by atoms with Crippen LogP contribution in [0.4, 0.5) is 0 Å². The molecule has 3 fully saturated rings. The van der Waals surface area contributed by atoms with Crippen LogP contribution in [0.2, 0.25) is 0 Å². The number of aromatic nitrogens is 1. The van der Waals surface area contributed by atoms with Gasteiger partial charge in [0.05, 0.1) is 18.2 Å². The molecule has 2 aromatic rings. The van der Waals surface area contributed by atoms with Crippen LogP contribution >= 0.6 is 24.8 Å². The van der Waals surface area contributed by atoms with Crippen molar-refractivity contribution < 1.29 is 9.84 Å². The SMILES string of the molecule is CC[C@H]1C[N@]2CC[C@H]1C[C@H]2[C@H](O)c1ccnc2ccc(OCCC(C)C)cc12.Cl.Cl. The number of ether oxygens (including phenoxy) is 1. The summed E-state index contributed by atoms with van der Waals surface area (Å²) in [6, 6.07) is 8.27. The third kappa shape index (κ3) is 5.21. The van der Waals surface area contributed by atoms with Gasteiger partial charge in [-0.1, -0.05) is 27.2 Å². The Morgan fingerprint density at radius 1 is 1.23 bits per heavy atom. The summed E-state index contributed by atoms with van der Waals surface area (Å²) in [6.45, 7) is 9.69. The van der Waals surface area contributed by atoms with Crippen LogP contribution in [0.15, 0.2) is 30.5 Å². The predicted octanol–water partition coefficient (Wildman–Crippen LogP) is 5.66. The number of aliphatic hydroxyl groups excluding tert-OH is 1. The average molecular weight is 455 g/mol. The fraction of sp³-hybridized carbons (Fsp3) is 0.625. The van der Waals surface area contributed by atoms with Crippen molar-refractivity contribution in [3.8, 4) is 5.75 Å². The number of benzene rings is 1. The molecule has 1 aromatic carbocycles. The molecule has 0 unspecified atom stereocenters. The third-order valence-corrected chi connectivity index (χ3v) is 6.85. The molecule has 5 rings (SSSR count). The second kappa shape index (κ2) is 11.0. The van der Waals surface area contributed by atoms with Crippen molar-refractivity contribution in [1.82, 2.24) is 9.88 Å². The monoisotopic (exact) mass is 454 g/mol. The normalized spacial score (nSPS) is 26.2. The number of piperidine rings is 3. The number of fused-ring (bicyclic) bond motifs is 4. The van der Waals surface area contributed by atoms with Crippen LogP contribution in [-0.2, 0) is 0 Å². The Morgan fingerprint density at radius 3 is 2.70 bits per heavy atom. The van der Waals surface area contributed by atoms with Gasteiger partial charge in [-0.2, -0.15) is 0 Å². The highest BCUT2D eigenvalue weighted by molar-refractivity contribution is 5.85. The first kappa shape index (κ1) is 25.2. The largest absolute Gasteiger partial charge is 0.494 e. The lowest BCUT2D eigenvalue weighted by Gasteiger charge is -2.51. The molecular formula is C24H36Cl2N2O2. The molecule has 4 heterocycles. The van der Waals surface area contributed by atoms with Gasteiger partial charge in [-0.15, -0.1) is 24.8 Å². The summed E-state index contributed by atoms with van der Waals surface area (Å²) in [5.41, 5.74) is 1.92. The number of aliphatic hydroxyl groups is 1. The Bertz CT molecular complexity index is 817. The zero-order valence-electron chi connectivity index (χ0n) is 18.3. The minimum absolute atomic E-state index is 0. The molecule has 1 N–H and O–H groups in total. The van der Waals surface area contributed by atoms with Crippen molar-refractivity contribution in [1.29, 1.82) is 0 Å². The molecule has 0 amide bonds. The summed E-state index contributed by atoms with van der Waals surface area (Å²) in [4.78, 5) is 7.03. The molecule has 3 aliphatic rings. The first-order valence-electron chi connectivity index (χ1n) is 11.0. The molecule has 1 aromatic heterocycles. The Labute approximate surface area is 193 Å². The minimum atomic E-state index is -0.475. The molecule has 0 aliphatic carbocycles. The van der Waals surface area contributed by atoms with Crippen LogP contribution in [0.1, 0.15) is 58.1 Å². The topological polar surface area (TPSA) is 45.6 Å². The molecule has 30 heavy (non-hydrogen) atoms. The number of rotatable bonds is 7. The van der Waals surface area contributed by atoms with Gasteiger partial charge in [0.25, 0.3) is 0 Å². The average Bonchev–Trinajstić information content (AvgIpc) is 2.72. The predicted molar refractivity (Wildman–Crippen MR) is 128 cm³/mol. The van der Waals surface area contributed by atoms with E-state index in [-0.39, 0.29) is 30.9 Å². The molecule has 4 nitrogen and oxygen atoms in total. The van der Waals surface area contributed by atoms with E-state index in [1.165, 1.54) is 12.8 Å². The number of hydrogen-bond acceptors (Lipinski definition) is 4. The van der Waals surface area contributed by atoms with E-state index < -0.39 is 6.10 Å². The number of hydrogen-bond donors (Lipinski definition) is 1. The van der Waals surface area contributed by atoms with Gasteiger partial charge in [-0.05, 0) is 73.4 Å². The molecule has 0 spiro atoms. The van der Waals surface area contributed by atoms with Gasteiger partial charge in [-0.3, -0.25) is 9.88 Å². The van der Waals surface area contributed by atoms with Crippen LogP contribution < -0.4 is 4.74 Å². The van der Waals surface area contributed by atoms with Gasteiger partial charge in [0.1, 0.15) is 5.75 Å². The van der Waals surface area contributed by atoms with Crippen LogP contribution in [0.5, 0.6) is 5.75 Å². The highest BCUT2D eigenvalue weighted by Gasteiger charge is 2.42. The van der Waals surface area contributed by atoms with Crippen molar-refractivity contribution in [2.24, 2.45) is 17.8 Å². The molecular weight excluding hydrogens is 419 g/mol. The quantitative estimate of drug-likeness (QED) is 0.586. The molecule has 3 aliphatic heterocycles. The smallest absolute Gasteiger partial charge is 0.120 e. The van der Waals surface area contributed by atoms with Gasteiger partial charge in [0, 0.05) is 24.2 Å². The first-order valence-corrected chi connectivity index (χ1v) is 11.0. The van der Waals surface area contributed by atoms with E-state index in [0.29, 0.717) is 5.92 Å². The highest BCUT2D eigenvalue weighted by Crippen LogP contribution is 2.42. The van der Waals surface area contributed by atoms with Crippen LogP contribution in [0.3, 0.4) is 0 Å². The molecule has 5 atom stereocenters. The van der Waals surface area contributed by atoms with E-state index in [9.17, 15) is 5.11 Å². The molecule has 2 bridgehead atoms. The fourth-order valence-electron chi connectivity index (χ4n) is 5.08. The summed E-state index contributed by atoms with van der Waals surface area (Å²) in [5.74, 6) is 3.05. The third-order valence-electron chi connectivity index (χ3n) is 6.85. The summed E-state index contributed by atoms with van der Waals surface area (Å²) >= 11 is 0. The number of nitrogens with zero attached hydrogens (tertiary/aromatic N) is 2. The van der Waals surface area contributed by atoms with Crippen LogP contribution in [0, 0.1) is 17.8 Å². The maximum Gasteiger partial charge on any atom is 0.120 e. The van der Waals surface area contributed by atoms with Gasteiger partial charge >= 0.3 is 0 Å². The maximum atomic E-state index is 11.4. The fourth-order valence-corrected chi connectivity index (χ4v) is 5.08. The summed E-state index contributed by atoms with van der Waals surface area (Å²) in [7, 11) is 0. The lowest BCUT2D eigenvalue weighted by Crippen LogP contribution is -2.55. The van der Waals surface area contributed by atoms with Crippen molar-refractivity contribution in [2.75, 3.05) is 19.7 Å². The Morgan fingerprint density at radius 2 is 2.03 bits per heavy atom. The second-order valence-electron chi connectivity index (χ2n) is 9.07. The first-order chi connectivity index (χ1) is 13.6. The Hall–Kier alpha value is -1.07. The standard InChI is InChI=1S/C24H34N2O2.2ClH/c1-4-17-15-26-11-8-18(17)13-23(26)24(27)20-7-10-25-22-6-5-19(14-21(20)22)28-12-9-16(2)3;;/h5-7,10,14,16-18,23-24,27H,4,8-9,11-13,15H2,1-3H3;2*1H/t17-,18-,23-,24+;;/m0../s1. The number of pyridine rings is 1. The highest BCUT2D eigenvalue weighted by atomic mass is 35.5. The van der Waals surface area contributed by atoms with E-state index in [2.05, 4.69) is 36.7 Å². The molecule has 168 valence electrons. The van der Waals surface area contributed by atoms with Crippen molar-refractivity contribution in [3.05, 3.63) is 36.0 Å². The number of halogens is 2. The van der Waals surface area contributed by atoms with Crippen molar-refractivity contribution in [3.63, 3.8) is 0 Å². The summed E-state index contributed by atoms with van der Waals surface area (Å²) in [6.07, 6.45) is 6.03. The maximum absolute atomic E-state index is 11.4. The van der Waals surface area contributed by atoms with E-state index in [4.69, 9.17) is 4.74 Å². The van der Waals surface area contributed by atoms with Crippen molar-refractivity contribution in [2.45, 2.75) is 58.6 Å². The van der Waals surface area contributed by atoms with Gasteiger partial charge in [0.2, 0.25) is 0 Å².